The van der Waals surface area contributed by atoms with Crippen LogP contribution in [0.4, 0.5) is 0 Å². The number of carbonyl (C=O) groups is 2. The molecule has 0 radical (unpaired) electrons. The number of rotatable bonds is 48. The van der Waals surface area contributed by atoms with Crippen LogP contribution in [0.2, 0.25) is 0 Å². The van der Waals surface area contributed by atoms with E-state index in [4.69, 9.17) is 19.3 Å². The van der Waals surface area contributed by atoms with Gasteiger partial charge in [0.2, 0.25) is 0 Å². The molecule has 346 valence electrons. The van der Waals surface area contributed by atoms with Crippen LogP contribution in [0.25, 0.3) is 0 Å². The van der Waals surface area contributed by atoms with E-state index < -0.39 is 32.5 Å². The maximum Gasteiger partial charge on any atom is 0.469 e. The van der Waals surface area contributed by atoms with Gasteiger partial charge in [0.05, 0.1) is 6.61 Å². The monoisotopic (exact) mass is 845 g/mol. The lowest BCUT2D eigenvalue weighted by Gasteiger charge is -2.18. The van der Waals surface area contributed by atoms with Crippen molar-refractivity contribution in [1.29, 1.82) is 0 Å². The molecule has 0 aliphatic heterocycles. The lowest BCUT2D eigenvalue weighted by atomic mass is 10.0. The largest absolute Gasteiger partial charge is 0.469 e. The summed E-state index contributed by atoms with van der Waals surface area (Å²) >= 11 is 0. The zero-order valence-corrected chi connectivity index (χ0v) is 39.4. The molecule has 0 aromatic carbocycles. The molecule has 0 heterocycles. The quantitative estimate of drug-likeness (QED) is 0.0353. The van der Waals surface area contributed by atoms with Gasteiger partial charge in [0, 0.05) is 12.8 Å². The minimum Gasteiger partial charge on any atom is -0.462 e. The highest BCUT2D eigenvalue weighted by Gasteiger charge is 2.23. The minimum absolute atomic E-state index is 0.221. The molecule has 0 saturated carbocycles. The predicted octanol–water partition coefficient (Wildman–Crippen LogP) is 16.0. The molecule has 0 aromatic rings. The molecule has 0 amide bonds. The van der Waals surface area contributed by atoms with Crippen molar-refractivity contribution in [1.82, 2.24) is 0 Å². The van der Waals surface area contributed by atoms with Crippen molar-refractivity contribution in [3.63, 3.8) is 0 Å². The first-order valence-corrected chi connectivity index (χ1v) is 26.9. The molecule has 0 rings (SSSR count). The summed E-state index contributed by atoms with van der Waals surface area (Å²) in [5.41, 5.74) is 0. The Labute approximate surface area is 359 Å². The van der Waals surface area contributed by atoms with Crippen LogP contribution in [0, 0.1) is 0 Å². The summed E-state index contributed by atoms with van der Waals surface area (Å²) in [5, 5.41) is 0. The third-order valence-electron chi connectivity index (χ3n) is 11.6. The normalized spacial score (nSPS) is 12.3. The van der Waals surface area contributed by atoms with E-state index in [2.05, 4.69) is 18.4 Å². The molecule has 0 aliphatic carbocycles. The molecule has 9 heteroatoms. The van der Waals surface area contributed by atoms with E-state index in [1.165, 1.54) is 218 Å². The van der Waals surface area contributed by atoms with Crippen molar-refractivity contribution in [3.8, 4) is 0 Å². The molecule has 0 fully saturated rings. The third-order valence-corrected chi connectivity index (χ3v) is 12.1. The van der Waals surface area contributed by atoms with Gasteiger partial charge in [0.1, 0.15) is 6.61 Å². The molecule has 2 N–H and O–H groups in total. The molecule has 1 atom stereocenters. The Morgan fingerprint density at radius 2 is 0.621 bits per heavy atom. The fraction of sp³-hybridized carbons (Fsp3) is 0.959. The van der Waals surface area contributed by atoms with Crippen LogP contribution in [0.5, 0.6) is 0 Å². The van der Waals surface area contributed by atoms with Gasteiger partial charge in [-0.1, -0.05) is 258 Å². The van der Waals surface area contributed by atoms with E-state index in [0.29, 0.717) is 6.42 Å². The molecule has 8 nitrogen and oxygen atoms in total. The molecule has 0 bridgehead atoms. The topological polar surface area (TPSA) is 119 Å². The van der Waals surface area contributed by atoms with Crippen LogP contribution in [0.15, 0.2) is 0 Å². The number of ether oxygens (including phenoxy) is 2. The van der Waals surface area contributed by atoms with Crippen LogP contribution >= 0.6 is 7.82 Å². The van der Waals surface area contributed by atoms with Gasteiger partial charge in [-0.25, -0.2) is 4.57 Å². The third kappa shape index (κ3) is 47.7. The molecule has 0 aromatic heterocycles. The summed E-state index contributed by atoms with van der Waals surface area (Å²) in [4.78, 5) is 43.1. The first-order chi connectivity index (χ1) is 28.3. The fourth-order valence-corrected chi connectivity index (χ4v) is 8.21. The summed E-state index contributed by atoms with van der Waals surface area (Å²) in [6.45, 7) is 3.75. The lowest BCUT2D eigenvalue weighted by molar-refractivity contribution is -0.161. The molecule has 58 heavy (non-hydrogen) atoms. The van der Waals surface area contributed by atoms with Gasteiger partial charge in [0.15, 0.2) is 6.10 Å². The summed E-state index contributed by atoms with van der Waals surface area (Å²) in [5.74, 6) is -0.861. The Hall–Kier alpha value is -0.950. The average molecular weight is 845 g/mol. The van der Waals surface area contributed by atoms with Crippen molar-refractivity contribution >= 4 is 19.8 Å². The summed E-state index contributed by atoms with van der Waals surface area (Å²) < 4.78 is 26.5. The van der Waals surface area contributed by atoms with Gasteiger partial charge in [-0.15, -0.1) is 0 Å². The van der Waals surface area contributed by atoms with Gasteiger partial charge in [-0.2, -0.15) is 0 Å². The Balaban J connectivity index is 3.75. The first-order valence-electron chi connectivity index (χ1n) is 25.3. The van der Waals surface area contributed by atoms with Crippen LogP contribution in [0.3, 0.4) is 0 Å². The first kappa shape index (κ1) is 57.1. The zero-order valence-electron chi connectivity index (χ0n) is 38.5. The number of phosphoric acid groups is 1. The highest BCUT2D eigenvalue weighted by atomic mass is 31.2. The lowest BCUT2D eigenvalue weighted by Crippen LogP contribution is -2.29. The maximum atomic E-state index is 12.5. The Morgan fingerprint density at radius 3 is 0.879 bits per heavy atom. The smallest absolute Gasteiger partial charge is 0.462 e. The number of phosphoric ester groups is 1. The average Bonchev–Trinajstić information content (AvgIpc) is 3.20. The number of carbonyl (C=O) groups excluding carboxylic acids is 2. The number of hydrogen-bond acceptors (Lipinski definition) is 6. The van der Waals surface area contributed by atoms with Crippen molar-refractivity contribution in [2.24, 2.45) is 0 Å². The van der Waals surface area contributed by atoms with Gasteiger partial charge < -0.3 is 19.3 Å². The molecule has 0 unspecified atom stereocenters. The Morgan fingerprint density at radius 1 is 0.379 bits per heavy atom. The van der Waals surface area contributed by atoms with E-state index >= 15 is 0 Å². The molecular weight excluding hydrogens is 748 g/mol. The molecule has 0 saturated heterocycles. The van der Waals surface area contributed by atoms with Crippen molar-refractivity contribution in [2.75, 3.05) is 13.2 Å². The van der Waals surface area contributed by atoms with E-state index in [0.717, 1.165) is 32.1 Å². The van der Waals surface area contributed by atoms with Crippen LogP contribution in [-0.4, -0.2) is 41.0 Å². The summed E-state index contributed by atoms with van der Waals surface area (Å²) in [6.07, 6.45) is 51.2. The minimum atomic E-state index is -4.75. The van der Waals surface area contributed by atoms with E-state index in [1.807, 2.05) is 0 Å². The van der Waals surface area contributed by atoms with E-state index in [-0.39, 0.29) is 19.4 Å². The highest BCUT2D eigenvalue weighted by molar-refractivity contribution is 7.46. The van der Waals surface area contributed by atoms with Gasteiger partial charge in [-0.05, 0) is 12.8 Å². The van der Waals surface area contributed by atoms with Crippen LogP contribution in [0.1, 0.15) is 284 Å². The second-order valence-corrected chi connectivity index (χ2v) is 18.8. The van der Waals surface area contributed by atoms with Gasteiger partial charge in [-0.3, -0.25) is 14.1 Å². The van der Waals surface area contributed by atoms with Crippen molar-refractivity contribution in [3.05, 3.63) is 0 Å². The number of esters is 2. The van der Waals surface area contributed by atoms with Gasteiger partial charge in [0.25, 0.3) is 0 Å². The van der Waals surface area contributed by atoms with E-state index in [9.17, 15) is 14.2 Å². The van der Waals surface area contributed by atoms with Gasteiger partial charge >= 0.3 is 19.8 Å². The number of hydrogen-bond donors (Lipinski definition) is 2. The standard InChI is InChI=1S/C49H97O8P/c1-3-5-7-9-11-13-15-17-19-21-22-23-24-25-26-28-30-32-34-36-38-40-42-44-49(51)57-47(46-56-58(52,53)54)45-55-48(50)43-41-39-37-35-33-31-29-27-20-18-16-14-12-10-8-6-4-2/h47H,3-46H2,1-2H3,(H2,52,53,54)/t47-/m1/s1. The second-order valence-electron chi connectivity index (χ2n) is 17.5. The summed E-state index contributed by atoms with van der Waals surface area (Å²) in [6, 6.07) is 0. The van der Waals surface area contributed by atoms with Crippen LogP contribution < -0.4 is 0 Å². The maximum absolute atomic E-state index is 12.5. The predicted molar refractivity (Wildman–Crippen MR) is 244 cm³/mol. The Kier molecular flexibility index (Phi) is 44.8. The molecular formula is C49H97O8P. The molecule has 0 spiro atoms. The number of unbranched alkanes of at least 4 members (excludes halogenated alkanes) is 38. The summed E-state index contributed by atoms with van der Waals surface area (Å²) in [7, 11) is -4.75. The van der Waals surface area contributed by atoms with E-state index in [1.54, 1.807) is 0 Å². The van der Waals surface area contributed by atoms with Crippen molar-refractivity contribution in [2.45, 2.75) is 290 Å². The van der Waals surface area contributed by atoms with Crippen molar-refractivity contribution < 1.29 is 37.9 Å². The van der Waals surface area contributed by atoms with Crippen LogP contribution in [-0.2, 0) is 28.2 Å². The SMILES string of the molecule is CCCCCCCCCCCCCCCCCCCCCCCCCC(=O)O[C@H](COC(=O)CCCCCCCCCCCCCCCCCCC)COP(=O)(O)O. The Bertz CT molecular complexity index is 909. The highest BCUT2D eigenvalue weighted by Crippen LogP contribution is 2.36. The zero-order chi connectivity index (χ0) is 42.5. The fourth-order valence-electron chi connectivity index (χ4n) is 7.85. The second kappa shape index (κ2) is 45.6. The molecule has 0 aliphatic rings.